The van der Waals surface area contributed by atoms with Crippen molar-refractivity contribution in [2.75, 3.05) is 10.6 Å². The number of anilines is 2. The maximum Gasteiger partial charge on any atom is 0.266 e. The van der Waals surface area contributed by atoms with Crippen LogP contribution in [0, 0.1) is 13.8 Å². The summed E-state index contributed by atoms with van der Waals surface area (Å²) in [7, 11) is -4.14. The van der Waals surface area contributed by atoms with Crippen LogP contribution in [0.2, 0.25) is 0 Å². The molecule has 0 spiro atoms. The highest BCUT2D eigenvalue weighted by molar-refractivity contribution is 7.94. The molecule has 328 valence electrons. The zero-order valence-corrected chi connectivity index (χ0v) is 36.8. The van der Waals surface area contributed by atoms with Gasteiger partial charge in [-0.2, -0.15) is 5.90 Å². The summed E-state index contributed by atoms with van der Waals surface area (Å²) in [6, 6.07) is 42.9. The van der Waals surface area contributed by atoms with Gasteiger partial charge in [0, 0.05) is 17.5 Å². The molecule has 0 aliphatic heterocycles. The van der Waals surface area contributed by atoms with Gasteiger partial charge in [0.25, 0.3) is 21.8 Å². The number of hydrogen-bond donors (Lipinski definition) is 4. The van der Waals surface area contributed by atoms with E-state index in [1.54, 1.807) is 60.7 Å². The van der Waals surface area contributed by atoms with Gasteiger partial charge < -0.3 is 20.1 Å². The van der Waals surface area contributed by atoms with Gasteiger partial charge in [-0.15, -0.1) is 9.32 Å². The second-order valence-corrected chi connectivity index (χ2v) is 16.6. The highest BCUT2D eigenvalue weighted by atomic mass is 32.2. The number of rotatable bonds is 19. The van der Waals surface area contributed by atoms with Crippen LogP contribution in [0.1, 0.15) is 75.6 Å². The number of amides is 3. The summed E-state index contributed by atoms with van der Waals surface area (Å²) in [5.74, 6) is 4.67. The molecule has 0 atom stereocenters. The van der Waals surface area contributed by atoms with Crippen LogP contribution in [-0.2, 0) is 37.4 Å². The summed E-state index contributed by atoms with van der Waals surface area (Å²) in [6.07, 6.45) is 2.50. The number of para-hydroxylation sites is 2. The van der Waals surface area contributed by atoms with Crippen LogP contribution < -0.4 is 30.7 Å². The fourth-order valence-electron chi connectivity index (χ4n) is 5.84. The number of sulfonamides is 1. The highest BCUT2D eigenvalue weighted by Crippen LogP contribution is 2.28. The zero-order chi connectivity index (χ0) is 45.0. The first-order chi connectivity index (χ1) is 30.4. The van der Waals surface area contributed by atoms with Crippen molar-refractivity contribution in [3.63, 3.8) is 0 Å². The lowest BCUT2D eigenvalue weighted by molar-refractivity contribution is -0.195. The Labute approximate surface area is 372 Å². The Morgan fingerprint density at radius 1 is 0.619 bits per heavy atom. The second-order valence-electron chi connectivity index (χ2n) is 14.2. The van der Waals surface area contributed by atoms with Crippen molar-refractivity contribution in [1.82, 2.24) is 4.72 Å². The van der Waals surface area contributed by atoms with Gasteiger partial charge in [0.2, 0.25) is 5.91 Å². The SMILES string of the molecule is CCCCCC(=O)NS(=O)(=O)c1ccccc1NC(=O)c1cccc(OCc2ccc(C)cc2)c1.Cc1ccc(COc2cccc(C(=O)Nc3ccccc3SOON)c2)cc1. The molecule has 13 nitrogen and oxygen atoms in total. The smallest absolute Gasteiger partial charge is 0.266 e. The summed E-state index contributed by atoms with van der Waals surface area (Å²) in [5, 5.41) is 5.49. The topological polar surface area (TPSA) is 184 Å². The third-order valence-corrected chi connectivity index (χ3v) is 11.3. The summed E-state index contributed by atoms with van der Waals surface area (Å²) in [6.45, 7) is 6.83. The molecule has 0 radical (unpaired) electrons. The van der Waals surface area contributed by atoms with E-state index >= 15 is 0 Å². The Morgan fingerprint density at radius 2 is 1.13 bits per heavy atom. The average Bonchev–Trinajstić information content (AvgIpc) is 3.29. The Morgan fingerprint density at radius 3 is 1.67 bits per heavy atom. The van der Waals surface area contributed by atoms with E-state index < -0.39 is 21.8 Å². The monoisotopic (exact) mass is 890 g/mol. The minimum absolute atomic E-state index is 0.0809. The maximum atomic E-state index is 12.9. The van der Waals surface area contributed by atoms with Gasteiger partial charge in [0.05, 0.1) is 28.3 Å². The molecule has 0 unspecified atom stereocenters. The quantitative estimate of drug-likeness (QED) is 0.0263. The standard InChI is InChI=1S/C27H30N2O5S.C21H20N2O4S/c1-3-4-5-13-26(30)29-35(32,33)25-12-7-6-11-24(25)28-27(31)22-9-8-10-23(18-22)34-19-21-16-14-20(2)15-17-21;1-15-9-11-16(12-10-15)14-25-18-6-4-5-17(13-18)21(24)23-19-7-2-3-8-20(19)28-27-26-22/h6-12,14-18H,3-5,13,19H2,1-2H3,(H,28,31)(H,29,30);2-13H,14,22H2,1H3,(H,23,24). The van der Waals surface area contributed by atoms with E-state index in [2.05, 4.69) is 24.7 Å². The van der Waals surface area contributed by atoms with Crippen LogP contribution in [0.3, 0.4) is 0 Å². The minimum Gasteiger partial charge on any atom is -0.489 e. The number of ether oxygens (including phenoxy) is 2. The van der Waals surface area contributed by atoms with Crippen LogP contribution in [0.4, 0.5) is 11.4 Å². The second kappa shape index (κ2) is 24.2. The third kappa shape index (κ3) is 15.4. The number of unbranched alkanes of at least 4 members (excludes halogenated alkanes) is 2. The fraction of sp³-hybridized carbons (Fsp3) is 0.188. The van der Waals surface area contributed by atoms with Crippen molar-refractivity contribution in [1.29, 1.82) is 0 Å². The minimum atomic E-state index is -4.14. The lowest BCUT2D eigenvalue weighted by Gasteiger charge is -2.13. The first-order valence-electron chi connectivity index (χ1n) is 20.1. The van der Waals surface area contributed by atoms with E-state index in [9.17, 15) is 22.8 Å². The van der Waals surface area contributed by atoms with Crippen LogP contribution >= 0.6 is 12.0 Å². The van der Waals surface area contributed by atoms with Gasteiger partial charge >= 0.3 is 0 Å². The number of nitrogens with two attached hydrogens (primary N) is 1. The van der Waals surface area contributed by atoms with E-state index in [1.807, 2.05) is 87.5 Å². The first-order valence-corrected chi connectivity index (χ1v) is 22.3. The van der Waals surface area contributed by atoms with Crippen molar-refractivity contribution in [2.45, 2.75) is 69.5 Å². The van der Waals surface area contributed by atoms with Crippen molar-refractivity contribution in [3.8, 4) is 11.5 Å². The zero-order valence-electron chi connectivity index (χ0n) is 35.2. The maximum absolute atomic E-state index is 12.9. The van der Waals surface area contributed by atoms with Gasteiger partial charge in [-0.25, -0.2) is 13.1 Å². The van der Waals surface area contributed by atoms with Crippen molar-refractivity contribution in [3.05, 3.63) is 179 Å². The number of aryl methyl sites for hydroxylation is 2. The molecule has 0 saturated carbocycles. The normalized spacial score (nSPS) is 10.8. The Balaban J connectivity index is 0.000000243. The summed E-state index contributed by atoms with van der Waals surface area (Å²) >= 11 is 0.907. The van der Waals surface area contributed by atoms with Gasteiger partial charge in [-0.3, -0.25) is 14.4 Å². The molecule has 6 rings (SSSR count). The number of nitrogens with one attached hydrogen (secondary N) is 3. The highest BCUT2D eigenvalue weighted by Gasteiger charge is 2.22. The lowest BCUT2D eigenvalue weighted by Crippen LogP contribution is -2.31. The van der Waals surface area contributed by atoms with Crippen LogP contribution in [0.5, 0.6) is 11.5 Å². The molecule has 0 saturated heterocycles. The predicted octanol–water partition coefficient (Wildman–Crippen LogP) is 9.87. The first kappa shape index (κ1) is 47.6. The van der Waals surface area contributed by atoms with Gasteiger partial charge in [-0.1, -0.05) is 116 Å². The summed E-state index contributed by atoms with van der Waals surface area (Å²) in [5.41, 5.74) is 5.88. The van der Waals surface area contributed by atoms with Gasteiger partial charge in [-0.05, 0) is 92.1 Å². The lowest BCUT2D eigenvalue weighted by atomic mass is 10.1. The van der Waals surface area contributed by atoms with Crippen LogP contribution in [-0.4, -0.2) is 26.1 Å². The van der Waals surface area contributed by atoms with Crippen molar-refractivity contribution in [2.24, 2.45) is 5.90 Å². The molecule has 0 aliphatic carbocycles. The third-order valence-electron chi connectivity index (χ3n) is 9.22. The number of carbonyl (C=O) groups excluding carboxylic acids is 3. The van der Waals surface area contributed by atoms with E-state index in [1.165, 1.54) is 23.8 Å². The largest absolute Gasteiger partial charge is 0.489 e. The number of benzene rings is 6. The molecule has 15 heteroatoms. The Kier molecular flexibility index (Phi) is 18.3. The molecule has 6 aromatic carbocycles. The molecule has 6 aromatic rings. The van der Waals surface area contributed by atoms with E-state index in [0.29, 0.717) is 52.8 Å². The number of carbonyl (C=O) groups is 3. The molecule has 0 fully saturated rings. The molecule has 0 heterocycles. The van der Waals surface area contributed by atoms with Crippen LogP contribution in [0.15, 0.2) is 155 Å². The summed E-state index contributed by atoms with van der Waals surface area (Å²) in [4.78, 5) is 42.2. The van der Waals surface area contributed by atoms with Crippen molar-refractivity contribution >= 4 is 51.2 Å². The molecular weight excluding hydrogens is 841 g/mol. The molecule has 3 amide bonds. The van der Waals surface area contributed by atoms with Crippen LogP contribution in [0.25, 0.3) is 0 Å². The Hall–Kier alpha value is -6.49. The van der Waals surface area contributed by atoms with Gasteiger partial charge in [0.1, 0.15) is 29.6 Å². The fourth-order valence-corrected chi connectivity index (χ4v) is 7.47. The van der Waals surface area contributed by atoms with Gasteiger partial charge in [0.15, 0.2) is 0 Å². The number of hydrogen-bond acceptors (Lipinski definition) is 11. The van der Waals surface area contributed by atoms with E-state index in [4.69, 9.17) is 15.4 Å². The molecule has 5 N–H and O–H groups in total. The molecule has 0 aliphatic rings. The molecule has 63 heavy (non-hydrogen) atoms. The van der Waals surface area contributed by atoms with E-state index in [-0.39, 0.29) is 22.9 Å². The summed E-state index contributed by atoms with van der Waals surface area (Å²) < 4.78 is 44.0. The van der Waals surface area contributed by atoms with Crippen molar-refractivity contribution < 1.29 is 41.6 Å². The average molecular weight is 891 g/mol. The Bertz CT molecular complexity index is 2550. The van der Waals surface area contributed by atoms with E-state index in [0.717, 1.165) is 41.6 Å². The molecule has 0 aromatic heterocycles. The predicted molar refractivity (Wildman–Crippen MR) is 244 cm³/mol. The molecular formula is C48H50N4O9S2. The molecule has 0 bridgehead atoms.